The number of nitrogens with one attached hydrogen (secondary N) is 1. The van der Waals surface area contributed by atoms with Crippen LogP contribution in [-0.4, -0.2) is 39.5 Å². The molecule has 5 rings (SSSR count). The zero-order valence-electron chi connectivity index (χ0n) is 17.2. The molecule has 158 valence electrons. The summed E-state index contributed by atoms with van der Waals surface area (Å²) in [6, 6.07) is 10.3. The molecule has 0 bridgehead atoms. The van der Waals surface area contributed by atoms with Crippen molar-refractivity contribution in [2.24, 2.45) is 10.9 Å². The molecule has 0 spiro atoms. The van der Waals surface area contributed by atoms with Gasteiger partial charge in [-0.2, -0.15) is 0 Å². The van der Waals surface area contributed by atoms with E-state index in [2.05, 4.69) is 42.1 Å². The van der Waals surface area contributed by atoms with Crippen LogP contribution in [0, 0.1) is 5.92 Å². The molecule has 1 N–H and O–H groups in total. The van der Waals surface area contributed by atoms with E-state index in [1.54, 1.807) is 18.9 Å². The minimum Gasteiger partial charge on any atom is -0.493 e. The molecule has 0 saturated heterocycles. The Balaban J connectivity index is 1.26. The molecule has 1 saturated carbocycles. The molecule has 0 aliphatic heterocycles. The Morgan fingerprint density at radius 3 is 3.06 bits per heavy atom. The molecule has 0 radical (unpaired) electrons. The molecule has 1 fully saturated rings. The van der Waals surface area contributed by atoms with Gasteiger partial charge in [0.2, 0.25) is 0 Å². The predicted molar refractivity (Wildman–Crippen MR) is 123 cm³/mol. The van der Waals surface area contributed by atoms with Gasteiger partial charge in [-0.15, -0.1) is 0 Å². The van der Waals surface area contributed by atoms with E-state index in [1.165, 1.54) is 0 Å². The van der Waals surface area contributed by atoms with Crippen LogP contribution in [0.4, 0.5) is 5.82 Å². The van der Waals surface area contributed by atoms with Crippen LogP contribution in [0.15, 0.2) is 54.0 Å². The molecule has 31 heavy (non-hydrogen) atoms. The van der Waals surface area contributed by atoms with E-state index in [1.807, 2.05) is 31.3 Å². The van der Waals surface area contributed by atoms with Crippen molar-refractivity contribution >= 4 is 45.7 Å². The quantitative estimate of drug-likeness (QED) is 0.344. The van der Waals surface area contributed by atoms with Gasteiger partial charge in [-0.25, -0.2) is 15.0 Å². The highest BCUT2D eigenvalue weighted by Crippen LogP contribution is 2.37. The number of aliphatic imine (C=N–C) groups is 1. The van der Waals surface area contributed by atoms with Crippen molar-refractivity contribution in [3.05, 3.63) is 54.1 Å². The minimum atomic E-state index is 0.405. The lowest BCUT2D eigenvalue weighted by molar-refractivity contribution is 0.248. The SMILES string of the molecule is CN/C=N/c1ncnc2c1ccn2[C@H]1CC[C@@H](COc2ccc3cc(Cl)cnc3c2)C1. The number of aromatic nitrogens is 4. The van der Waals surface area contributed by atoms with E-state index in [-0.39, 0.29) is 0 Å². The molecule has 4 aromatic rings. The van der Waals surface area contributed by atoms with E-state index in [4.69, 9.17) is 16.3 Å². The Morgan fingerprint density at radius 2 is 2.16 bits per heavy atom. The summed E-state index contributed by atoms with van der Waals surface area (Å²) in [5, 5.41) is 5.53. The highest BCUT2D eigenvalue weighted by molar-refractivity contribution is 6.31. The number of benzene rings is 1. The van der Waals surface area contributed by atoms with Crippen molar-refractivity contribution in [2.75, 3.05) is 13.7 Å². The minimum absolute atomic E-state index is 0.405. The number of pyridine rings is 1. The van der Waals surface area contributed by atoms with Gasteiger partial charge in [0.25, 0.3) is 0 Å². The Bertz CT molecular complexity index is 1250. The molecule has 1 aliphatic rings. The lowest BCUT2D eigenvalue weighted by Crippen LogP contribution is -2.10. The van der Waals surface area contributed by atoms with Crippen LogP contribution >= 0.6 is 11.6 Å². The van der Waals surface area contributed by atoms with Crippen molar-refractivity contribution < 1.29 is 4.74 Å². The van der Waals surface area contributed by atoms with Crippen LogP contribution < -0.4 is 10.1 Å². The molecule has 0 unspecified atom stereocenters. The third kappa shape index (κ3) is 4.05. The van der Waals surface area contributed by atoms with Gasteiger partial charge in [-0.05, 0) is 49.4 Å². The number of nitrogens with zero attached hydrogens (tertiary/aromatic N) is 5. The topological polar surface area (TPSA) is 77.2 Å². The summed E-state index contributed by atoms with van der Waals surface area (Å²) >= 11 is 6.02. The predicted octanol–water partition coefficient (Wildman–Crippen LogP) is 4.93. The number of rotatable bonds is 6. The number of fused-ring (bicyclic) bond motifs is 2. The van der Waals surface area contributed by atoms with E-state index >= 15 is 0 Å². The van der Waals surface area contributed by atoms with Crippen LogP contribution in [0.5, 0.6) is 5.75 Å². The first-order valence-corrected chi connectivity index (χ1v) is 10.8. The maximum atomic E-state index is 6.11. The van der Waals surface area contributed by atoms with Crippen molar-refractivity contribution in [1.82, 2.24) is 24.8 Å². The van der Waals surface area contributed by atoms with E-state index < -0.39 is 0 Å². The van der Waals surface area contributed by atoms with E-state index in [9.17, 15) is 0 Å². The average Bonchev–Trinajstić information content (AvgIpc) is 3.43. The third-order valence-corrected chi connectivity index (χ3v) is 6.03. The summed E-state index contributed by atoms with van der Waals surface area (Å²) in [6.45, 7) is 0.696. The second-order valence-electron chi connectivity index (χ2n) is 7.86. The average molecular weight is 435 g/mol. The molecule has 2 atom stereocenters. The molecule has 3 aromatic heterocycles. The van der Waals surface area contributed by atoms with E-state index in [0.29, 0.717) is 29.4 Å². The van der Waals surface area contributed by atoms with Crippen molar-refractivity contribution in [3.63, 3.8) is 0 Å². The Kier molecular flexibility index (Phi) is 5.42. The summed E-state index contributed by atoms with van der Waals surface area (Å²) < 4.78 is 8.37. The van der Waals surface area contributed by atoms with Gasteiger partial charge >= 0.3 is 0 Å². The standard InChI is InChI=1S/C23H23ClN6O/c1-25-13-27-22-20-6-7-30(23(20)29-14-28-22)18-4-2-15(8-18)12-31-19-5-3-16-9-17(24)11-26-21(16)10-19/h3,5-7,9-11,13-15,18H,2,4,8,12H2,1H3,(H,25,27,28,29)/t15-,18+/m1/s1. The number of halogens is 1. The van der Waals surface area contributed by atoms with Crippen LogP contribution in [0.3, 0.4) is 0 Å². The second kappa shape index (κ2) is 8.51. The first-order valence-electron chi connectivity index (χ1n) is 10.4. The van der Waals surface area contributed by atoms with Crippen molar-refractivity contribution in [1.29, 1.82) is 0 Å². The summed E-state index contributed by atoms with van der Waals surface area (Å²) in [4.78, 5) is 17.6. The van der Waals surface area contributed by atoms with Crippen molar-refractivity contribution in [2.45, 2.75) is 25.3 Å². The number of hydrogen-bond acceptors (Lipinski definition) is 5. The molecular weight excluding hydrogens is 412 g/mol. The Hall–Kier alpha value is -3.19. The van der Waals surface area contributed by atoms with Gasteiger partial charge < -0.3 is 14.6 Å². The summed E-state index contributed by atoms with van der Waals surface area (Å²) in [5.41, 5.74) is 1.82. The monoisotopic (exact) mass is 434 g/mol. The first-order chi connectivity index (χ1) is 15.2. The van der Waals surface area contributed by atoms with Gasteiger partial charge in [-0.3, -0.25) is 4.98 Å². The third-order valence-electron chi connectivity index (χ3n) is 5.82. The maximum absolute atomic E-state index is 6.11. The fourth-order valence-corrected chi connectivity index (χ4v) is 4.48. The molecular formula is C23H23ClN6O. The summed E-state index contributed by atoms with van der Waals surface area (Å²) in [6.07, 6.45) is 10.3. The van der Waals surface area contributed by atoms with Gasteiger partial charge in [0.15, 0.2) is 5.82 Å². The summed E-state index contributed by atoms with van der Waals surface area (Å²) in [7, 11) is 1.82. The van der Waals surface area contributed by atoms with Crippen LogP contribution in [-0.2, 0) is 0 Å². The molecule has 7 nitrogen and oxygen atoms in total. The fourth-order valence-electron chi connectivity index (χ4n) is 4.31. The van der Waals surface area contributed by atoms with Crippen molar-refractivity contribution in [3.8, 4) is 5.75 Å². The zero-order chi connectivity index (χ0) is 21.2. The summed E-state index contributed by atoms with van der Waals surface area (Å²) in [5.74, 6) is 2.03. The zero-order valence-corrected chi connectivity index (χ0v) is 18.0. The lowest BCUT2D eigenvalue weighted by atomic mass is 10.1. The largest absolute Gasteiger partial charge is 0.493 e. The Morgan fingerprint density at radius 1 is 1.23 bits per heavy atom. The van der Waals surface area contributed by atoms with Gasteiger partial charge in [0, 0.05) is 36.9 Å². The normalized spacial score (nSPS) is 18.9. The Labute approximate surface area is 185 Å². The molecule has 0 amide bonds. The fraction of sp³-hybridized carbons (Fsp3) is 0.304. The number of ether oxygens (including phenoxy) is 1. The van der Waals surface area contributed by atoms with E-state index in [0.717, 1.165) is 46.9 Å². The number of hydrogen-bond donors (Lipinski definition) is 1. The van der Waals surface area contributed by atoms with Crippen LogP contribution in [0.1, 0.15) is 25.3 Å². The lowest BCUT2D eigenvalue weighted by Gasteiger charge is -2.15. The molecule has 8 heteroatoms. The molecule has 1 aliphatic carbocycles. The van der Waals surface area contributed by atoms with Gasteiger partial charge in [0.05, 0.1) is 28.9 Å². The smallest absolute Gasteiger partial charge is 0.166 e. The van der Waals surface area contributed by atoms with Gasteiger partial charge in [0.1, 0.15) is 17.7 Å². The van der Waals surface area contributed by atoms with Crippen LogP contribution in [0.25, 0.3) is 21.9 Å². The second-order valence-corrected chi connectivity index (χ2v) is 8.29. The maximum Gasteiger partial charge on any atom is 0.166 e. The molecule has 1 aromatic carbocycles. The highest BCUT2D eigenvalue weighted by atomic mass is 35.5. The first kappa shape index (κ1) is 19.8. The highest BCUT2D eigenvalue weighted by Gasteiger charge is 2.27. The van der Waals surface area contributed by atoms with Gasteiger partial charge in [-0.1, -0.05) is 11.6 Å². The molecule has 3 heterocycles. The van der Waals surface area contributed by atoms with Crippen LogP contribution in [0.2, 0.25) is 5.02 Å².